The molecule has 2 atom stereocenters. The molecule has 0 bridgehead atoms. The monoisotopic (exact) mass is 207 g/mol. The molecule has 80 valence electrons. The lowest BCUT2D eigenvalue weighted by Gasteiger charge is -2.07. The number of hydrogen-bond acceptors (Lipinski definition) is 4. The van der Waals surface area contributed by atoms with E-state index in [1.807, 2.05) is 12.2 Å². The van der Waals surface area contributed by atoms with E-state index < -0.39 is 0 Å². The predicted molar refractivity (Wildman–Crippen MR) is 55.1 cm³/mol. The van der Waals surface area contributed by atoms with Gasteiger partial charge in [-0.25, -0.2) is 0 Å². The van der Waals surface area contributed by atoms with Gasteiger partial charge in [0.05, 0.1) is 11.6 Å². The number of carbonyl (C=O) groups excluding carboxylic acids is 1. The van der Waals surface area contributed by atoms with E-state index in [0.717, 1.165) is 5.69 Å². The summed E-state index contributed by atoms with van der Waals surface area (Å²) in [6, 6.07) is 0.221. The van der Waals surface area contributed by atoms with Gasteiger partial charge in [-0.3, -0.25) is 10.1 Å². The highest BCUT2D eigenvalue weighted by Gasteiger charge is 2.23. The van der Waals surface area contributed by atoms with Crippen molar-refractivity contribution in [1.29, 1.82) is 0 Å². The summed E-state index contributed by atoms with van der Waals surface area (Å²) in [5.74, 6) is -0.298. The molecule has 2 rings (SSSR count). The SMILES string of the molecule is Cc1coc(NC(=O)C2C=CC(N)C2)n1. The maximum Gasteiger partial charge on any atom is 0.301 e. The van der Waals surface area contributed by atoms with Gasteiger partial charge in [-0.15, -0.1) is 0 Å². The van der Waals surface area contributed by atoms with Gasteiger partial charge in [0.2, 0.25) is 5.91 Å². The van der Waals surface area contributed by atoms with Gasteiger partial charge in [-0.2, -0.15) is 4.98 Å². The smallest absolute Gasteiger partial charge is 0.301 e. The molecule has 5 nitrogen and oxygen atoms in total. The second-order valence-electron chi connectivity index (χ2n) is 3.67. The molecule has 1 amide bonds. The zero-order chi connectivity index (χ0) is 10.8. The highest BCUT2D eigenvalue weighted by Crippen LogP contribution is 2.18. The predicted octanol–water partition coefficient (Wildman–Crippen LogP) is 0.825. The van der Waals surface area contributed by atoms with Crippen LogP contribution in [-0.4, -0.2) is 16.9 Å². The highest BCUT2D eigenvalue weighted by molar-refractivity contribution is 5.92. The fourth-order valence-corrected chi connectivity index (χ4v) is 1.53. The summed E-state index contributed by atoms with van der Waals surface area (Å²) in [5.41, 5.74) is 6.39. The molecule has 0 spiro atoms. The van der Waals surface area contributed by atoms with Crippen molar-refractivity contribution in [2.24, 2.45) is 11.7 Å². The molecule has 0 aromatic carbocycles. The molecule has 0 saturated carbocycles. The topological polar surface area (TPSA) is 81.2 Å². The number of hydrogen-bond donors (Lipinski definition) is 2. The zero-order valence-electron chi connectivity index (χ0n) is 8.43. The molecule has 2 unspecified atom stereocenters. The van der Waals surface area contributed by atoms with Crippen molar-refractivity contribution in [2.45, 2.75) is 19.4 Å². The summed E-state index contributed by atoms with van der Waals surface area (Å²) in [5, 5.41) is 2.60. The van der Waals surface area contributed by atoms with Crippen LogP contribution in [0.4, 0.5) is 6.01 Å². The molecular weight excluding hydrogens is 194 g/mol. The minimum atomic E-state index is -0.174. The average Bonchev–Trinajstić information content (AvgIpc) is 2.75. The van der Waals surface area contributed by atoms with E-state index >= 15 is 0 Å². The molecule has 3 N–H and O–H groups in total. The fraction of sp³-hybridized carbons (Fsp3) is 0.400. The van der Waals surface area contributed by atoms with E-state index in [2.05, 4.69) is 10.3 Å². The Bertz CT molecular complexity index is 397. The average molecular weight is 207 g/mol. The number of anilines is 1. The first-order valence-electron chi connectivity index (χ1n) is 4.82. The van der Waals surface area contributed by atoms with Gasteiger partial charge >= 0.3 is 6.01 Å². The molecule has 15 heavy (non-hydrogen) atoms. The van der Waals surface area contributed by atoms with Crippen LogP contribution in [0.2, 0.25) is 0 Å². The largest absolute Gasteiger partial charge is 0.432 e. The minimum Gasteiger partial charge on any atom is -0.432 e. The normalized spacial score (nSPS) is 24.4. The highest BCUT2D eigenvalue weighted by atomic mass is 16.4. The zero-order valence-corrected chi connectivity index (χ0v) is 8.43. The second-order valence-corrected chi connectivity index (χ2v) is 3.67. The lowest BCUT2D eigenvalue weighted by Crippen LogP contribution is -2.24. The van der Waals surface area contributed by atoms with E-state index in [9.17, 15) is 4.79 Å². The molecule has 1 aromatic rings. The molecule has 1 aliphatic rings. The van der Waals surface area contributed by atoms with Crippen molar-refractivity contribution in [3.8, 4) is 0 Å². The number of amides is 1. The Balaban J connectivity index is 1.96. The fourth-order valence-electron chi connectivity index (χ4n) is 1.53. The molecule has 1 heterocycles. The van der Waals surface area contributed by atoms with E-state index in [1.165, 1.54) is 6.26 Å². The number of nitrogens with zero attached hydrogens (tertiary/aromatic N) is 1. The maximum absolute atomic E-state index is 11.7. The molecule has 5 heteroatoms. The van der Waals surface area contributed by atoms with Crippen molar-refractivity contribution in [3.63, 3.8) is 0 Å². The Labute approximate surface area is 87.4 Å². The Morgan fingerprint density at radius 1 is 1.67 bits per heavy atom. The van der Waals surface area contributed by atoms with Gasteiger partial charge in [0.25, 0.3) is 0 Å². The van der Waals surface area contributed by atoms with E-state index in [0.29, 0.717) is 6.42 Å². The van der Waals surface area contributed by atoms with E-state index in [-0.39, 0.29) is 23.9 Å². The third-order valence-corrected chi connectivity index (χ3v) is 2.30. The van der Waals surface area contributed by atoms with Gasteiger partial charge in [0.1, 0.15) is 6.26 Å². The summed E-state index contributed by atoms with van der Waals surface area (Å²) < 4.78 is 5.02. The van der Waals surface area contributed by atoms with Gasteiger partial charge < -0.3 is 10.2 Å². The van der Waals surface area contributed by atoms with Crippen LogP contribution in [0.5, 0.6) is 0 Å². The van der Waals surface area contributed by atoms with Crippen molar-refractivity contribution >= 4 is 11.9 Å². The number of aryl methyl sites for hydroxylation is 1. The maximum atomic E-state index is 11.7. The van der Waals surface area contributed by atoms with Gasteiger partial charge in [0.15, 0.2) is 0 Å². The number of aromatic nitrogens is 1. The Kier molecular flexibility index (Phi) is 2.55. The Morgan fingerprint density at radius 2 is 2.47 bits per heavy atom. The first-order valence-corrected chi connectivity index (χ1v) is 4.82. The molecule has 0 saturated heterocycles. The van der Waals surface area contributed by atoms with Gasteiger partial charge in [0, 0.05) is 6.04 Å². The lowest BCUT2D eigenvalue weighted by molar-refractivity contribution is -0.118. The second kappa shape index (κ2) is 3.86. The standard InChI is InChI=1S/C10H13N3O2/c1-6-5-15-10(12-6)13-9(14)7-2-3-8(11)4-7/h2-3,5,7-8H,4,11H2,1H3,(H,12,13,14). The molecule has 0 fully saturated rings. The molecular formula is C10H13N3O2. The molecule has 0 radical (unpaired) electrons. The van der Waals surface area contributed by atoms with Crippen molar-refractivity contribution < 1.29 is 9.21 Å². The Hall–Kier alpha value is -1.62. The minimum absolute atomic E-state index is 0.0213. The van der Waals surface area contributed by atoms with Gasteiger partial charge in [-0.1, -0.05) is 12.2 Å². The summed E-state index contributed by atoms with van der Waals surface area (Å²) >= 11 is 0. The van der Waals surface area contributed by atoms with E-state index in [1.54, 1.807) is 6.92 Å². The molecule has 1 aromatic heterocycles. The number of carbonyl (C=O) groups is 1. The Morgan fingerprint density at radius 3 is 3.00 bits per heavy atom. The lowest BCUT2D eigenvalue weighted by atomic mass is 10.1. The molecule has 0 aliphatic heterocycles. The van der Waals surface area contributed by atoms with Crippen LogP contribution in [0.3, 0.4) is 0 Å². The van der Waals surface area contributed by atoms with Crippen molar-refractivity contribution in [2.75, 3.05) is 5.32 Å². The van der Waals surface area contributed by atoms with Crippen LogP contribution in [0.25, 0.3) is 0 Å². The van der Waals surface area contributed by atoms with Crippen molar-refractivity contribution in [1.82, 2.24) is 4.98 Å². The summed E-state index contributed by atoms with van der Waals surface area (Å²) in [4.78, 5) is 15.6. The van der Waals surface area contributed by atoms with Crippen LogP contribution in [0.1, 0.15) is 12.1 Å². The summed E-state index contributed by atoms with van der Waals surface area (Å²) in [7, 11) is 0. The quantitative estimate of drug-likeness (QED) is 0.703. The van der Waals surface area contributed by atoms with Crippen LogP contribution in [0, 0.1) is 12.8 Å². The number of nitrogens with two attached hydrogens (primary N) is 1. The molecule has 1 aliphatic carbocycles. The van der Waals surface area contributed by atoms with Crippen LogP contribution >= 0.6 is 0 Å². The summed E-state index contributed by atoms with van der Waals surface area (Å²) in [6.07, 6.45) is 5.79. The first kappa shape index (κ1) is 9.92. The third kappa shape index (κ3) is 2.24. The van der Waals surface area contributed by atoms with Crippen LogP contribution < -0.4 is 11.1 Å². The van der Waals surface area contributed by atoms with Crippen LogP contribution in [0.15, 0.2) is 22.8 Å². The third-order valence-electron chi connectivity index (χ3n) is 2.30. The summed E-state index contributed by atoms with van der Waals surface area (Å²) in [6.45, 7) is 1.80. The number of nitrogens with one attached hydrogen (secondary N) is 1. The first-order chi connectivity index (χ1) is 7.15. The van der Waals surface area contributed by atoms with Crippen LogP contribution in [-0.2, 0) is 4.79 Å². The van der Waals surface area contributed by atoms with Gasteiger partial charge in [-0.05, 0) is 13.3 Å². The van der Waals surface area contributed by atoms with E-state index in [4.69, 9.17) is 10.2 Å². The number of oxazole rings is 1. The number of rotatable bonds is 2. The van der Waals surface area contributed by atoms with Crippen molar-refractivity contribution in [3.05, 3.63) is 24.1 Å².